The SMILES string of the molecule is CO[C@H]1C[C@@H](C)[C@@]2(O)O[C@H]1[C@H](OC)C[C@H](C)CC(C)=C[C@H](CC=CC(=O)O)C(=O)C[C@H](O)[C@@H](C)[C@@H](C(C)=C[C@@H]1CC[C@@H](O)[C@H](OC)C1)OC(=O)C1CCCCN1C(=O)C2=O. The molecule has 4 N–H and O–H groups in total. The van der Waals surface area contributed by atoms with Gasteiger partial charge in [0.1, 0.15) is 24.0 Å². The van der Waals surface area contributed by atoms with Gasteiger partial charge in [0.25, 0.3) is 11.7 Å². The van der Waals surface area contributed by atoms with Crippen molar-refractivity contribution >= 4 is 29.4 Å². The fraction of sp³-hybridized carbons (Fsp3) is 0.756. The van der Waals surface area contributed by atoms with Crippen LogP contribution in [0.25, 0.3) is 0 Å². The van der Waals surface area contributed by atoms with Crippen molar-refractivity contribution < 1.29 is 68.1 Å². The van der Waals surface area contributed by atoms with Crippen LogP contribution in [0.5, 0.6) is 0 Å². The first-order valence-corrected chi connectivity index (χ1v) is 21.5. The summed E-state index contributed by atoms with van der Waals surface area (Å²) in [7, 11) is 4.52. The van der Waals surface area contributed by atoms with Gasteiger partial charge in [0.05, 0.1) is 30.5 Å². The Morgan fingerprint density at radius 3 is 2.23 bits per heavy atom. The molecule has 2 bridgehead atoms. The quantitative estimate of drug-likeness (QED) is 0.117. The number of hydrogen-bond acceptors (Lipinski definition) is 13. The zero-order valence-electron chi connectivity index (χ0n) is 36.6. The molecule has 15 heteroatoms. The Kier molecular flexibility index (Phi) is 18.2. The van der Waals surface area contributed by atoms with Crippen LogP contribution in [-0.4, -0.2) is 137 Å². The molecule has 14 atom stereocenters. The number of carboxylic acids is 1. The maximum atomic E-state index is 14.3. The van der Waals surface area contributed by atoms with Crippen molar-refractivity contribution in [3.05, 3.63) is 35.5 Å². The van der Waals surface area contributed by atoms with Crippen molar-refractivity contribution in [1.82, 2.24) is 4.90 Å². The molecule has 1 saturated carbocycles. The Labute approximate surface area is 354 Å². The van der Waals surface area contributed by atoms with Crippen molar-refractivity contribution in [1.29, 1.82) is 0 Å². The van der Waals surface area contributed by atoms with Gasteiger partial charge in [-0.05, 0) is 95.5 Å². The average molecular weight is 848 g/mol. The minimum atomic E-state index is -2.55. The van der Waals surface area contributed by atoms with Gasteiger partial charge in [-0.3, -0.25) is 14.4 Å². The fourth-order valence-corrected chi connectivity index (χ4v) is 9.56. The topological polar surface area (TPSA) is 216 Å². The molecule has 1 unspecified atom stereocenters. The lowest BCUT2D eigenvalue weighted by Crippen LogP contribution is -2.64. The predicted octanol–water partition coefficient (Wildman–Crippen LogP) is 4.09. The normalized spacial score (nSPS) is 38.8. The Morgan fingerprint density at radius 2 is 1.58 bits per heavy atom. The maximum absolute atomic E-state index is 14.3. The van der Waals surface area contributed by atoms with Crippen molar-refractivity contribution in [2.24, 2.45) is 29.6 Å². The number of esters is 1. The van der Waals surface area contributed by atoms with E-state index in [4.69, 9.17) is 23.7 Å². The predicted molar refractivity (Wildman–Crippen MR) is 219 cm³/mol. The van der Waals surface area contributed by atoms with Gasteiger partial charge in [0.2, 0.25) is 5.79 Å². The number of Topliss-reactive ketones (excluding diaryl/α,β-unsaturated/α-hetero) is 2. The van der Waals surface area contributed by atoms with E-state index in [0.29, 0.717) is 50.5 Å². The molecule has 1 aliphatic carbocycles. The number of ether oxygens (including phenoxy) is 5. The summed E-state index contributed by atoms with van der Waals surface area (Å²) in [6.45, 7) is 8.95. The van der Waals surface area contributed by atoms with E-state index in [0.717, 1.165) is 16.5 Å². The number of carbonyl (C=O) groups is 5. The first-order valence-electron chi connectivity index (χ1n) is 21.5. The van der Waals surface area contributed by atoms with Crippen LogP contribution in [0.2, 0.25) is 0 Å². The molecule has 0 aromatic rings. The Balaban J connectivity index is 1.80. The molecule has 4 rings (SSSR count). The third kappa shape index (κ3) is 12.2. The number of carbonyl (C=O) groups excluding carboxylic acids is 4. The molecule has 0 aromatic heterocycles. The van der Waals surface area contributed by atoms with Crippen molar-refractivity contribution in [2.45, 2.75) is 160 Å². The fourth-order valence-electron chi connectivity index (χ4n) is 9.56. The second kappa shape index (κ2) is 22.2. The van der Waals surface area contributed by atoms with E-state index in [9.17, 15) is 44.4 Å². The van der Waals surface area contributed by atoms with E-state index >= 15 is 0 Å². The van der Waals surface area contributed by atoms with Crippen LogP contribution >= 0.6 is 0 Å². The lowest BCUT2D eigenvalue weighted by atomic mass is 9.81. The zero-order chi connectivity index (χ0) is 44.5. The van der Waals surface area contributed by atoms with E-state index in [1.807, 2.05) is 19.9 Å². The molecule has 3 heterocycles. The highest BCUT2D eigenvalue weighted by Gasteiger charge is 2.56. The van der Waals surface area contributed by atoms with E-state index in [1.54, 1.807) is 26.8 Å². The smallest absolute Gasteiger partial charge is 0.329 e. The van der Waals surface area contributed by atoms with Gasteiger partial charge < -0.3 is 49.0 Å². The third-order valence-corrected chi connectivity index (χ3v) is 13.1. The van der Waals surface area contributed by atoms with Crippen molar-refractivity contribution in [3.63, 3.8) is 0 Å². The number of allylic oxidation sites excluding steroid dienone is 4. The number of nitrogens with zero attached hydrogens (tertiary/aromatic N) is 1. The van der Waals surface area contributed by atoms with Crippen LogP contribution in [0.4, 0.5) is 0 Å². The first-order chi connectivity index (χ1) is 28.3. The van der Waals surface area contributed by atoms with Gasteiger partial charge in [0.15, 0.2) is 0 Å². The van der Waals surface area contributed by atoms with E-state index < -0.39 is 95.9 Å². The van der Waals surface area contributed by atoms with Crippen LogP contribution in [0.15, 0.2) is 35.5 Å². The lowest BCUT2D eigenvalue weighted by Gasteiger charge is -2.47. The summed E-state index contributed by atoms with van der Waals surface area (Å²) in [6.07, 6.45) is 4.16. The number of fused-ring (bicyclic) bond motifs is 3. The van der Waals surface area contributed by atoms with Gasteiger partial charge in [-0.2, -0.15) is 0 Å². The summed E-state index contributed by atoms with van der Waals surface area (Å²) in [5.41, 5.74) is 1.43. The minimum Gasteiger partial charge on any atom is -0.478 e. The van der Waals surface area contributed by atoms with Crippen molar-refractivity contribution in [3.8, 4) is 0 Å². The number of cyclic esters (lactones) is 1. The number of aliphatic hydroxyl groups is 3. The summed E-state index contributed by atoms with van der Waals surface area (Å²) in [4.78, 5) is 69.4. The number of piperidine rings is 1. The van der Waals surface area contributed by atoms with Crippen LogP contribution < -0.4 is 0 Å². The highest BCUT2D eigenvalue weighted by atomic mass is 16.7. The second-order valence-corrected chi connectivity index (χ2v) is 17.7. The zero-order valence-corrected chi connectivity index (χ0v) is 36.6. The number of carboxylic acid groups (broad SMARTS) is 1. The Hall–Kier alpha value is -3.31. The summed E-state index contributed by atoms with van der Waals surface area (Å²) >= 11 is 0. The summed E-state index contributed by atoms with van der Waals surface area (Å²) in [6, 6.07) is -1.19. The van der Waals surface area contributed by atoms with Gasteiger partial charge in [-0.25, -0.2) is 9.59 Å². The molecule has 0 spiro atoms. The van der Waals surface area contributed by atoms with Crippen LogP contribution in [0.1, 0.15) is 105 Å². The Bertz CT molecular complexity index is 1610. The molecule has 2 saturated heterocycles. The van der Waals surface area contributed by atoms with E-state index in [-0.39, 0.29) is 49.8 Å². The van der Waals surface area contributed by atoms with E-state index in [1.165, 1.54) is 27.4 Å². The first kappa shape index (κ1) is 49.3. The molecule has 0 aromatic carbocycles. The molecule has 60 heavy (non-hydrogen) atoms. The number of amides is 1. The highest BCUT2D eigenvalue weighted by molar-refractivity contribution is 6.39. The minimum absolute atomic E-state index is 0.0518. The van der Waals surface area contributed by atoms with Crippen molar-refractivity contribution in [2.75, 3.05) is 27.9 Å². The van der Waals surface area contributed by atoms with Gasteiger partial charge in [-0.1, -0.05) is 44.6 Å². The third-order valence-electron chi connectivity index (χ3n) is 13.1. The Morgan fingerprint density at radius 1 is 0.917 bits per heavy atom. The molecular weight excluding hydrogens is 778 g/mol. The number of aliphatic hydroxyl groups excluding tert-OH is 2. The maximum Gasteiger partial charge on any atom is 0.329 e. The van der Waals surface area contributed by atoms with Crippen LogP contribution in [0, 0.1) is 29.6 Å². The number of ketones is 2. The molecule has 1 amide bonds. The molecule has 3 fully saturated rings. The number of methoxy groups -OCH3 is 3. The molecule has 15 nitrogen and oxygen atoms in total. The molecule has 4 aliphatic rings. The van der Waals surface area contributed by atoms with Crippen LogP contribution in [0.3, 0.4) is 0 Å². The van der Waals surface area contributed by atoms with Crippen LogP contribution in [-0.2, 0) is 47.7 Å². The number of rotatable bonds is 8. The number of aliphatic carboxylic acids is 1. The summed E-state index contributed by atoms with van der Waals surface area (Å²) in [5, 5.41) is 43.5. The second-order valence-electron chi connectivity index (χ2n) is 17.7. The van der Waals surface area contributed by atoms with E-state index in [2.05, 4.69) is 0 Å². The highest BCUT2D eigenvalue weighted by Crippen LogP contribution is 2.39. The number of hydrogen-bond donors (Lipinski definition) is 4. The van der Waals surface area contributed by atoms with Gasteiger partial charge in [0, 0.05) is 58.1 Å². The molecule has 338 valence electrons. The monoisotopic (exact) mass is 847 g/mol. The van der Waals surface area contributed by atoms with Gasteiger partial charge in [-0.15, -0.1) is 0 Å². The molecular formula is C45H69NO14. The van der Waals surface area contributed by atoms with Gasteiger partial charge >= 0.3 is 11.9 Å². The lowest BCUT2D eigenvalue weighted by molar-refractivity contribution is -0.302. The molecule has 3 aliphatic heterocycles. The standard InChI is InChI=1S/C45H69NO14/c1-25-18-26(2)20-37(57-7)41-38(58-8)22-28(4)45(55,60-41)42(52)43(53)46-17-10-9-13-32(46)44(54)59-40(27(3)21-30-15-16-33(47)36(23-30)56-6)29(5)34(48)24-35(49)31(19-25)12-11-14-39(50)51/h11,14,19,21,26,28-34,36-38,40-41,47-48,55H,9-10,12-13,15-18,20,22-24H2,1-8H3,(H,50,51)/t26-,28-,29-,30+,31+,32?,33-,34+,36-,37-,38+,40-,41+,45-/m1/s1. The summed E-state index contributed by atoms with van der Waals surface area (Å²) in [5.74, 6) is -9.74. The largest absolute Gasteiger partial charge is 0.478 e. The molecule has 0 radical (unpaired) electrons. The average Bonchev–Trinajstić information content (AvgIpc) is 3.21. The summed E-state index contributed by atoms with van der Waals surface area (Å²) < 4.78 is 29.7.